The van der Waals surface area contributed by atoms with Crippen LogP contribution in [-0.4, -0.2) is 102 Å². The highest BCUT2D eigenvalue weighted by Gasteiger charge is 2.21. The van der Waals surface area contributed by atoms with Crippen molar-refractivity contribution in [1.82, 2.24) is 25.0 Å². The highest BCUT2D eigenvalue weighted by molar-refractivity contribution is 5.87. The molecule has 0 spiro atoms. The molecule has 10 nitrogen and oxygen atoms in total. The van der Waals surface area contributed by atoms with Gasteiger partial charge in [0.1, 0.15) is 25.0 Å². The minimum Gasteiger partial charge on any atom is -0.490 e. The molecule has 0 bridgehead atoms. The molecule has 0 aliphatic heterocycles. The number of aromatic nitrogens is 1. The largest absolute Gasteiger partial charge is 0.490 e. The van der Waals surface area contributed by atoms with Crippen LogP contribution in [0.5, 0.6) is 5.75 Å². The molecule has 1 atom stereocenters. The van der Waals surface area contributed by atoms with Crippen molar-refractivity contribution in [2.24, 2.45) is 0 Å². The molecule has 0 fully saturated rings. The van der Waals surface area contributed by atoms with E-state index in [1.807, 2.05) is 91.8 Å². The molecular formula is C41H52N6O4. The Bertz CT molecular complexity index is 1610. The molecule has 3 aromatic carbocycles. The van der Waals surface area contributed by atoms with Gasteiger partial charge in [0, 0.05) is 37.3 Å². The van der Waals surface area contributed by atoms with E-state index in [9.17, 15) is 20.0 Å². The second-order valence-corrected chi connectivity index (χ2v) is 13.0. The van der Waals surface area contributed by atoms with Gasteiger partial charge in [-0.25, -0.2) is 4.90 Å². The van der Waals surface area contributed by atoms with E-state index >= 15 is 0 Å². The quantitative estimate of drug-likeness (QED) is 0.0866. The molecule has 51 heavy (non-hydrogen) atoms. The molecule has 0 saturated heterocycles. The van der Waals surface area contributed by atoms with Gasteiger partial charge in [-0.15, -0.1) is 0 Å². The van der Waals surface area contributed by atoms with Gasteiger partial charge in [0.25, 0.3) is 0 Å². The SMILES string of the molecule is CCN(CCN(C)CC(=O)N(C#N)CC(=O)NC(CCCc1ccccc1)CCCc1ccccc1)CC(O)COc1cccc2ncccc12. The molecule has 4 aromatic rings. The Balaban J connectivity index is 1.20. The van der Waals surface area contributed by atoms with Crippen LogP contribution in [0.4, 0.5) is 0 Å². The molecule has 0 radical (unpaired) electrons. The van der Waals surface area contributed by atoms with E-state index in [1.165, 1.54) is 11.1 Å². The lowest BCUT2D eigenvalue weighted by atomic mass is 9.99. The first-order valence-corrected chi connectivity index (χ1v) is 18.0. The summed E-state index contributed by atoms with van der Waals surface area (Å²) in [5.41, 5.74) is 3.36. The minimum atomic E-state index is -0.711. The summed E-state index contributed by atoms with van der Waals surface area (Å²) in [7, 11) is 1.81. The molecule has 270 valence electrons. The number of rotatable bonds is 22. The molecule has 4 rings (SSSR count). The smallest absolute Gasteiger partial charge is 0.250 e. The lowest BCUT2D eigenvalue weighted by molar-refractivity contribution is -0.134. The molecule has 0 aliphatic rings. The molecule has 0 aliphatic carbocycles. The lowest BCUT2D eigenvalue weighted by Gasteiger charge is -2.27. The summed E-state index contributed by atoms with van der Waals surface area (Å²) in [5, 5.41) is 24.5. The summed E-state index contributed by atoms with van der Waals surface area (Å²) in [6.07, 6.45) is 8.26. The Morgan fingerprint density at radius 2 is 1.55 bits per heavy atom. The Morgan fingerprint density at radius 1 is 0.882 bits per heavy atom. The summed E-state index contributed by atoms with van der Waals surface area (Å²) in [6.45, 7) is 4.10. The predicted molar refractivity (Wildman–Crippen MR) is 201 cm³/mol. The van der Waals surface area contributed by atoms with Crippen LogP contribution < -0.4 is 10.1 Å². The zero-order valence-corrected chi connectivity index (χ0v) is 30.0. The van der Waals surface area contributed by atoms with Gasteiger partial charge in [0.2, 0.25) is 11.8 Å². The molecule has 10 heteroatoms. The maximum absolute atomic E-state index is 13.1. The van der Waals surface area contributed by atoms with Crippen molar-refractivity contribution >= 4 is 22.7 Å². The number of hydrogen-bond donors (Lipinski definition) is 2. The summed E-state index contributed by atoms with van der Waals surface area (Å²) in [5.74, 6) is -0.0793. The third-order valence-electron chi connectivity index (χ3n) is 8.97. The van der Waals surface area contributed by atoms with Gasteiger partial charge in [0.15, 0.2) is 6.19 Å². The van der Waals surface area contributed by atoms with Crippen LogP contribution in [0.3, 0.4) is 0 Å². The number of pyridine rings is 1. The van der Waals surface area contributed by atoms with Crippen molar-refractivity contribution in [3.63, 3.8) is 0 Å². The average molecular weight is 693 g/mol. The number of nitrogens with one attached hydrogen (secondary N) is 1. The van der Waals surface area contributed by atoms with Gasteiger partial charge >= 0.3 is 0 Å². The van der Waals surface area contributed by atoms with Crippen LogP contribution in [0.15, 0.2) is 97.2 Å². The van der Waals surface area contributed by atoms with Crippen LogP contribution in [0.1, 0.15) is 43.7 Å². The number of nitriles is 1. The standard InChI is InChI=1S/C41H52N6O4/c1-3-46(28-36(48)31-51-39-24-12-23-38-37(39)22-13-25-43-38)27-26-45(2)30-41(50)47(32-42)29-40(49)44-35(20-10-18-33-14-6-4-7-15-33)21-11-19-34-16-8-5-9-17-34/h4-9,12-17,22-25,35-36,48H,3,10-11,18-21,26-31H2,1-2H3,(H,44,49). The molecule has 1 unspecified atom stereocenters. The van der Waals surface area contributed by atoms with Gasteiger partial charge in [-0.05, 0) is 87.5 Å². The van der Waals surface area contributed by atoms with Gasteiger partial charge < -0.3 is 15.2 Å². The zero-order chi connectivity index (χ0) is 36.3. The van der Waals surface area contributed by atoms with Crippen molar-refractivity contribution in [3.05, 3.63) is 108 Å². The summed E-state index contributed by atoms with van der Waals surface area (Å²) in [4.78, 5) is 35.4. The van der Waals surface area contributed by atoms with Gasteiger partial charge in [-0.2, -0.15) is 5.26 Å². The Labute approximate surface area is 302 Å². The second-order valence-electron chi connectivity index (χ2n) is 13.0. The molecule has 1 aromatic heterocycles. The number of aliphatic hydroxyl groups is 1. The van der Waals surface area contributed by atoms with Gasteiger partial charge in [0.05, 0.1) is 12.1 Å². The number of benzene rings is 3. The third kappa shape index (κ3) is 13.8. The highest BCUT2D eigenvalue weighted by Crippen LogP contribution is 2.23. The zero-order valence-electron chi connectivity index (χ0n) is 30.0. The van der Waals surface area contributed by atoms with E-state index in [2.05, 4.69) is 39.5 Å². The number of aryl methyl sites for hydroxylation is 2. The minimum absolute atomic E-state index is 0.00322. The van der Waals surface area contributed by atoms with E-state index in [1.54, 1.807) is 6.20 Å². The van der Waals surface area contributed by atoms with Gasteiger partial charge in [-0.1, -0.05) is 73.7 Å². The van der Waals surface area contributed by atoms with Crippen LogP contribution >= 0.6 is 0 Å². The summed E-state index contributed by atoms with van der Waals surface area (Å²) < 4.78 is 5.93. The van der Waals surface area contributed by atoms with E-state index in [0.29, 0.717) is 31.9 Å². The second kappa shape index (κ2) is 21.4. The van der Waals surface area contributed by atoms with E-state index in [0.717, 1.165) is 54.3 Å². The fraction of sp³-hybridized carbons (Fsp3) is 0.415. The van der Waals surface area contributed by atoms with E-state index < -0.39 is 12.0 Å². The number of amides is 2. The number of carbonyl (C=O) groups excluding carboxylic acids is 2. The first kappa shape index (κ1) is 39.0. The number of ether oxygens (including phenoxy) is 1. The maximum atomic E-state index is 13.1. The topological polar surface area (TPSA) is 122 Å². The number of nitrogens with zero attached hydrogens (tertiary/aromatic N) is 5. The summed E-state index contributed by atoms with van der Waals surface area (Å²) in [6, 6.07) is 30.0. The van der Waals surface area contributed by atoms with Crippen LogP contribution in [-0.2, 0) is 22.4 Å². The maximum Gasteiger partial charge on any atom is 0.250 e. The Kier molecular flexibility index (Phi) is 16.4. The van der Waals surface area contributed by atoms with Crippen LogP contribution in [0, 0.1) is 11.5 Å². The van der Waals surface area contributed by atoms with Crippen molar-refractivity contribution < 1.29 is 19.4 Å². The Morgan fingerprint density at radius 3 is 2.18 bits per heavy atom. The molecular weight excluding hydrogens is 640 g/mol. The molecule has 1 heterocycles. The molecule has 0 saturated carbocycles. The normalized spacial score (nSPS) is 11.9. The summed E-state index contributed by atoms with van der Waals surface area (Å²) >= 11 is 0. The van der Waals surface area contributed by atoms with Crippen molar-refractivity contribution in [2.45, 2.75) is 57.6 Å². The predicted octanol–water partition coefficient (Wildman–Crippen LogP) is 5.07. The number of aliphatic hydroxyl groups excluding tert-OH is 1. The lowest BCUT2D eigenvalue weighted by Crippen LogP contribution is -2.46. The van der Waals surface area contributed by atoms with Crippen molar-refractivity contribution in [2.75, 3.05) is 52.9 Å². The van der Waals surface area contributed by atoms with Crippen LogP contribution in [0.2, 0.25) is 0 Å². The third-order valence-corrected chi connectivity index (χ3v) is 8.97. The monoisotopic (exact) mass is 692 g/mol. The number of fused-ring (bicyclic) bond motifs is 1. The van der Waals surface area contributed by atoms with Gasteiger partial charge in [-0.3, -0.25) is 24.4 Å². The fourth-order valence-corrected chi connectivity index (χ4v) is 6.10. The van der Waals surface area contributed by atoms with E-state index in [4.69, 9.17) is 4.74 Å². The molecule has 2 N–H and O–H groups in total. The Hall–Kier alpha value is -4.82. The first-order chi connectivity index (χ1) is 24.8. The molecule has 2 amide bonds. The first-order valence-electron chi connectivity index (χ1n) is 18.0. The average Bonchev–Trinajstić information content (AvgIpc) is 3.15. The van der Waals surface area contributed by atoms with Crippen LogP contribution in [0.25, 0.3) is 10.9 Å². The number of hydrogen-bond acceptors (Lipinski definition) is 8. The highest BCUT2D eigenvalue weighted by atomic mass is 16.5. The van der Waals surface area contributed by atoms with Crippen molar-refractivity contribution in [1.29, 1.82) is 5.26 Å². The number of likely N-dealkylation sites (N-methyl/N-ethyl adjacent to an activating group) is 2. The fourth-order valence-electron chi connectivity index (χ4n) is 6.10. The number of carbonyl (C=O) groups is 2. The van der Waals surface area contributed by atoms with E-state index in [-0.39, 0.29) is 31.6 Å². The van der Waals surface area contributed by atoms with Crippen molar-refractivity contribution in [3.8, 4) is 11.9 Å².